The van der Waals surface area contributed by atoms with E-state index in [1.54, 1.807) is 25.2 Å². The van der Waals surface area contributed by atoms with Crippen LogP contribution < -0.4 is 0 Å². The van der Waals surface area contributed by atoms with Crippen LogP contribution in [-0.4, -0.2) is 20.2 Å². The van der Waals surface area contributed by atoms with Gasteiger partial charge in [-0.15, -0.1) is 10.2 Å². The van der Waals surface area contributed by atoms with E-state index in [0.29, 0.717) is 11.4 Å². The summed E-state index contributed by atoms with van der Waals surface area (Å²) in [6.45, 7) is 0. The third kappa shape index (κ3) is 1.40. The summed E-state index contributed by atoms with van der Waals surface area (Å²) >= 11 is 0. The fraction of sp³-hybridized carbons (Fsp3) is 0.125. The minimum Gasteiger partial charge on any atom is -0.206 e. The van der Waals surface area contributed by atoms with Crippen molar-refractivity contribution in [3.05, 3.63) is 30.1 Å². The van der Waals surface area contributed by atoms with Gasteiger partial charge in [-0.05, 0) is 17.3 Å². The average Bonchev–Trinajstić information content (AvgIpc) is 2.53. The molecule has 0 saturated carbocycles. The molecule has 0 amide bonds. The molecule has 2 rings (SSSR count). The van der Waals surface area contributed by atoms with E-state index in [9.17, 15) is 4.39 Å². The van der Waals surface area contributed by atoms with Crippen molar-refractivity contribution in [1.82, 2.24) is 20.2 Å². The summed E-state index contributed by atoms with van der Waals surface area (Å²) in [7, 11) is 1.64. The number of halogens is 1. The van der Waals surface area contributed by atoms with Crippen molar-refractivity contribution in [2.75, 3.05) is 0 Å². The molecular weight excluding hydrogens is 171 g/mol. The average molecular weight is 178 g/mol. The molecule has 0 radical (unpaired) electrons. The molecule has 5 heteroatoms. The summed E-state index contributed by atoms with van der Waals surface area (Å²) < 4.78 is 13.2. The first-order valence-corrected chi connectivity index (χ1v) is 3.76. The maximum atomic E-state index is 13.2. The van der Waals surface area contributed by atoms with Crippen LogP contribution in [0.3, 0.4) is 0 Å². The molecule has 0 fully saturated rings. The van der Waals surface area contributed by atoms with E-state index < -0.39 is 0 Å². The van der Waals surface area contributed by atoms with Crippen molar-refractivity contribution >= 4 is 0 Å². The fourth-order valence-corrected chi connectivity index (χ4v) is 1.03. The highest BCUT2D eigenvalue weighted by molar-refractivity contribution is 5.54. The molecule has 0 aliphatic heterocycles. The number of tetrazole rings is 1. The smallest absolute Gasteiger partial charge is 0.206 e. The lowest BCUT2D eigenvalue weighted by atomic mass is 10.2. The lowest BCUT2D eigenvalue weighted by molar-refractivity contribution is 0.625. The molecule has 13 heavy (non-hydrogen) atoms. The summed E-state index contributed by atoms with van der Waals surface area (Å²) in [5, 5.41) is 11.2. The van der Waals surface area contributed by atoms with Crippen molar-refractivity contribution in [2.45, 2.75) is 0 Å². The number of aromatic nitrogens is 4. The lowest BCUT2D eigenvalue weighted by Gasteiger charge is -1.94. The van der Waals surface area contributed by atoms with Gasteiger partial charge in [0.25, 0.3) is 0 Å². The molecule has 4 nitrogen and oxygen atoms in total. The molecule has 0 atom stereocenters. The van der Waals surface area contributed by atoms with Crippen LogP contribution in [0.2, 0.25) is 0 Å². The molecule has 66 valence electrons. The molecule has 0 spiro atoms. The number of hydrogen-bond donors (Lipinski definition) is 0. The molecule has 1 heterocycles. The monoisotopic (exact) mass is 178 g/mol. The highest BCUT2D eigenvalue weighted by Crippen LogP contribution is 2.16. The van der Waals surface area contributed by atoms with Crippen LogP contribution in [0.15, 0.2) is 24.3 Å². The van der Waals surface area contributed by atoms with Crippen molar-refractivity contribution in [3.63, 3.8) is 0 Å². The SMILES string of the molecule is Cn1nnc(-c2ccccc2F)n1. The quantitative estimate of drug-likeness (QED) is 0.654. The Morgan fingerprint density at radius 1 is 1.31 bits per heavy atom. The van der Waals surface area contributed by atoms with E-state index in [4.69, 9.17) is 0 Å². The molecule has 0 unspecified atom stereocenters. The van der Waals surface area contributed by atoms with Gasteiger partial charge in [0.15, 0.2) is 0 Å². The number of rotatable bonds is 1. The van der Waals surface area contributed by atoms with Gasteiger partial charge in [-0.25, -0.2) is 4.39 Å². The second-order valence-electron chi connectivity index (χ2n) is 2.58. The van der Waals surface area contributed by atoms with Crippen LogP contribution in [0.5, 0.6) is 0 Å². The van der Waals surface area contributed by atoms with Crippen LogP contribution in [0.25, 0.3) is 11.4 Å². The maximum Gasteiger partial charge on any atom is 0.207 e. The van der Waals surface area contributed by atoms with Crippen molar-refractivity contribution in [3.8, 4) is 11.4 Å². The van der Waals surface area contributed by atoms with Gasteiger partial charge >= 0.3 is 0 Å². The summed E-state index contributed by atoms with van der Waals surface area (Å²) in [5.41, 5.74) is 0.371. The largest absolute Gasteiger partial charge is 0.207 e. The van der Waals surface area contributed by atoms with Gasteiger partial charge in [0.05, 0.1) is 12.6 Å². The Morgan fingerprint density at radius 2 is 2.08 bits per heavy atom. The van der Waals surface area contributed by atoms with Crippen molar-refractivity contribution in [2.24, 2.45) is 7.05 Å². The normalized spacial score (nSPS) is 10.3. The van der Waals surface area contributed by atoms with E-state index >= 15 is 0 Å². The summed E-state index contributed by atoms with van der Waals surface area (Å²) in [4.78, 5) is 1.29. The third-order valence-electron chi connectivity index (χ3n) is 1.62. The second kappa shape index (κ2) is 2.93. The van der Waals surface area contributed by atoms with Crippen LogP contribution in [0.1, 0.15) is 0 Å². The molecule has 0 saturated heterocycles. The molecule has 0 bridgehead atoms. The van der Waals surface area contributed by atoms with Crippen LogP contribution in [-0.2, 0) is 7.05 Å². The minimum absolute atomic E-state index is 0.306. The number of nitrogens with zero attached hydrogens (tertiary/aromatic N) is 4. The highest BCUT2D eigenvalue weighted by atomic mass is 19.1. The van der Waals surface area contributed by atoms with Gasteiger partial charge in [-0.1, -0.05) is 12.1 Å². The molecule has 1 aromatic heterocycles. The molecule has 2 aromatic rings. The standard InChI is InChI=1S/C8H7FN4/c1-13-11-8(10-12-13)6-4-2-3-5-7(6)9/h2-5H,1H3. The highest BCUT2D eigenvalue weighted by Gasteiger charge is 2.08. The van der Waals surface area contributed by atoms with Crippen LogP contribution in [0.4, 0.5) is 4.39 Å². The van der Waals surface area contributed by atoms with Gasteiger partial charge in [-0.2, -0.15) is 4.80 Å². The number of hydrogen-bond acceptors (Lipinski definition) is 3. The molecule has 1 aromatic carbocycles. The van der Waals surface area contributed by atoms with E-state index in [2.05, 4.69) is 15.4 Å². The Labute approximate surface area is 74.0 Å². The molecule has 0 N–H and O–H groups in total. The second-order valence-corrected chi connectivity index (χ2v) is 2.58. The predicted molar refractivity (Wildman–Crippen MR) is 44.2 cm³/mol. The third-order valence-corrected chi connectivity index (χ3v) is 1.62. The van der Waals surface area contributed by atoms with Crippen molar-refractivity contribution < 1.29 is 4.39 Å². The van der Waals surface area contributed by atoms with E-state index in [1.165, 1.54) is 10.9 Å². The lowest BCUT2D eigenvalue weighted by Crippen LogP contribution is -1.92. The first kappa shape index (κ1) is 7.85. The Hall–Kier alpha value is -1.78. The molecular formula is C8H7FN4. The van der Waals surface area contributed by atoms with Crippen molar-refractivity contribution in [1.29, 1.82) is 0 Å². The predicted octanol–water partition coefficient (Wildman–Crippen LogP) is 1.02. The Kier molecular flexibility index (Phi) is 1.77. The zero-order valence-electron chi connectivity index (χ0n) is 6.98. The van der Waals surface area contributed by atoms with E-state index in [0.717, 1.165) is 0 Å². The topological polar surface area (TPSA) is 43.6 Å². The first-order chi connectivity index (χ1) is 6.27. The molecule has 0 aliphatic rings. The Balaban J connectivity index is 2.52. The van der Waals surface area contributed by atoms with Gasteiger partial charge in [0.1, 0.15) is 5.82 Å². The Bertz CT molecular complexity index is 424. The van der Waals surface area contributed by atoms with Gasteiger partial charge < -0.3 is 0 Å². The minimum atomic E-state index is -0.337. The zero-order chi connectivity index (χ0) is 9.26. The Morgan fingerprint density at radius 3 is 2.69 bits per heavy atom. The maximum absolute atomic E-state index is 13.2. The van der Waals surface area contributed by atoms with E-state index in [-0.39, 0.29) is 5.82 Å². The number of benzene rings is 1. The number of aryl methyl sites for hydroxylation is 1. The first-order valence-electron chi connectivity index (χ1n) is 3.76. The summed E-state index contributed by atoms with van der Waals surface area (Å²) in [6, 6.07) is 6.34. The summed E-state index contributed by atoms with van der Waals surface area (Å²) in [6.07, 6.45) is 0. The van der Waals surface area contributed by atoms with Crippen LogP contribution >= 0.6 is 0 Å². The van der Waals surface area contributed by atoms with Gasteiger partial charge in [0, 0.05) is 0 Å². The fourth-order valence-electron chi connectivity index (χ4n) is 1.03. The van der Waals surface area contributed by atoms with Gasteiger partial charge in [-0.3, -0.25) is 0 Å². The summed E-state index contributed by atoms with van der Waals surface area (Å²) in [5.74, 6) is -0.0314. The molecule has 0 aliphatic carbocycles. The van der Waals surface area contributed by atoms with Crippen LogP contribution in [0, 0.1) is 5.82 Å². The van der Waals surface area contributed by atoms with E-state index in [1.807, 2.05) is 0 Å². The van der Waals surface area contributed by atoms with Gasteiger partial charge in [0.2, 0.25) is 5.82 Å². The zero-order valence-corrected chi connectivity index (χ0v) is 6.98.